The molecule has 9 heavy (non-hydrogen) atoms. The molecule has 0 atom stereocenters. The van der Waals surface area contributed by atoms with Crippen LogP contribution < -0.4 is 0 Å². The largest absolute Gasteiger partial charge is 0.504 e. The standard InChI is InChI=1S/C6H8O2S/c1-2-9-3-5(7)6(8)4-9/h2-4,7-8H,1H3. The molecule has 2 N–H and O–H groups in total. The molecule has 0 aromatic heterocycles. The Hall–Kier alpha value is -0.700. The van der Waals surface area contributed by atoms with Crippen LogP contribution in [0, 0.1) is 0 Å². The van der Waals surface area contributed by atoms with Crippen molar-refractivity contribution < 1.29 is 10.2 Å². The Morgan fingerprint density at radius 3 is 2.00 bits per heavy atom. The van der Waals surface area contributed by atoms with Gasteiger partial charge in [0.1, 0.15) is 0 Å². The molecule has 0 amide bonds. The van der Waals surface area contributed by atoms with E-state index in [2.05, 4.69) is 0 Å². The maximum Gasteiger partial charge on any atom is 0.164 e. The van der Waals surface area contributed by atoms with Crippen LogP contribution in [0.4, 0.5) is 0 Å². The normalized spacial score (nSPS) is 19.2. The molecule has 50 valence electrons. The average Bonchev–Trinajstić information content (AvgIpc) is 2.13. The van der Waals surface area contributed by atoms with Crippen LogP contribution in [0.5, 0.6) is 0 Å². The van der Waals surface area contributed by atoms with Crippen LogP contribution in [0.1, 0.15) is 6.92 Å². The Labute approximate surface area is 56.1 Å². The molecule has 1 rings (SSSR count). The second-order valence-corrected chi connectivity index (χ2v) is 3.41. The van der Waals surface area contributed by atoms with E-state index in [9.17, 15) is 0 Å². The first kappa shape index (κ1) is 6.42. The second-order valence-electron chi connectivity index (χ2n) is 1.65. The van der Waals surface area contributed by atoms with Crippen LogP contribution in [-0.4, -0.2) is 15.6 Å². The molecule has 0 aromatic carbocycles. The monoisotopic (exact) mass is 144 g/mol. The first-order valence-electron chi connectivity index (χ1n) is 2.56. The van der Waals surface area contributed by atoms with E-state index < -0.39 is 0 Å². The van der Waals surface area contributed by atoms with E-state index in [1.54, 1.807) is 10.8 Å². The van der Waals surface area contributed by atoms with Crippen molar-refractivity contribution in [1.29, 1.82) is 0 Å². The van der Waals surface area contributed by atoms with Crippen LogP contribution in [0.15, 0.2) is 22.3 Å². The lowest BCUT2D eigenvalue weighted by molar-refractivity contribution is 0.330. The highest BCUT2D eigenvalue weighted by atomic mass is 32.2. The van der Waals surface area contributed by atoms with Gasteiger partial charge in [0.25, 0.3) is 0 Å². The average molecular weight is 144 g/mol. The van der Waals surface area contributed by atoms with Crippen LogP contribution in [0.2, 0.25) is 0 Å². The predicted molar refractivity (Wildman–Crippen MR) is 40.8 cm³/mol. The third kappa shape index (κ3) is 1.16. The van der Waals surface area contributed by atoms with Crippen molar-refractivity contribution in [2.75, 3.05) is 0 Å². The summed E-state index contributed by atoms with van der Waals surface area (Å²) in [6.07, 6.45) is 0. The van der Waals surface area contributed by atoms with Crippen LogP contribution >= 0.6 is 10.5 Å². The molecule has 0 saturated carbocycles. The molecule has 0 aliphatic carbocycles. The quantitative estimate of drug-likeness (QED) is 0.510. The molecule has 0 bridgehead atoms. The third-order valence-corrected chi connectivity index (χ3v) is 2.57. The van der Waals surface area contributed by atoms with Gasteiger partial charge in [-0.05, 0) is 6.92 Å². The molecule has 3 heteroatoms. The maximum atomic E-state index is 8.83. The summed E-state index contributed by atoms with van der Waals surface area (Å²) in [5, 5.41) is 22.8. The summed E-state index contributed by atoms with van der Waals surface area (Å²) < 4.78 is 0. The van der Waals surface area contributed by atoms with Gasteiger partial charge in [-0.15, -0.1) is 10.5 Å². The lowest BCUT2D eigenvalue weighted by Crippen LogP contribution is -1.78. The van der Waals surface area contributed by atoms with Gasteiger partial charge >= 0.3 is 0 Å². The minimum Gasteiger partial charge on any atom is -0.504 e. The zero-order valence-corrected chi connectivity index (χ0v) is 5.85. The molecule has 2 nitrogen and oxygen atoms in total. The fourth-order valence-corrected chi connectivity index (χ4v) is 1.65. The number of aliphatic hydroxyl groups excluding tert-OH is 2. The van der Waals surface area contributed by atoms with E-state index in [0.29, 0.717) is 0 Å². The molecular weight excluding hydrogens is 136 g/mol. The van der Waals surface area contributed by atoms with Crippen LogP contribution in [0.3, 0.4) is 0 Å². The van der Waals surface area contributed by atoms with Crippen molar-refractivity contribution in [2.45, 2.75) is 6.92 Å². The van der Waals surface area contributed by atoms with Crippen molar-refractivity contribution in [2.24, 2.45) is 0 Å². The topological polar surface area (TPSA) is 40.5 Å². The highest BCUT2D eigenvalue weighted by Gasteiger charge is 2.06. The van der Waals surface area contributed by atoms with Crippen LogP contribution in [0.25, 0.3) is 0 Å². The van der Waals surface area contributed by atoms with Gasteiger partial charge in [-0.25, -0.2) is 0 Å². The Morgan fingerprint density at radius 2 is 1.78 bits per heavy atom. The molecule has 1 aliphatic rings. The number of hydrogen-bond donors (Lipinski definition) is 2. The summed E-state index contributed by atoms with van der Waals surface area (Å²) in [5.41, 5.74) is 0. The van der Waals surface area contributed by atoms with Crippen molar-refractivity contribution in [1.82, 2.24) is 0 Å². The molecule has 0 aromatic rings. The molecule has 0 fully saturated rings. The van der Waals surface area contributed by atoms with Gasteiger partial charge in [0.2, 0.25) is 0 Å². The molecule has 0 saturated heterocycles. The molecular formula is C6H8O2S. The summed E-state index contributed by atoms with van der Waals surface area (Å²) in [7, 11) is -0.144. The highest BCUT2D eigenvalue weighted by molar-refractivity contribution is 8.20. The Bertz CT molecular complexity index is 193. The van der Waals surface area contributed by atoms with E-state index in [1.165, 1.54) is 0 Å². The van der Waals surface area contributed by atoms with Gasteiger partial charge in [0, 0.05) is 10.8 Å². The number of hydrogen-bond acceptors (Lipinski definition) is 2. The van der Waals surface area contributed by atoms with E-state index in [1.807, 2.05) is 12.3 Å². The Balaban J connectivity index is 2.96. The second kappa shape index (κ2) is 2.27. The van der Waals surface area contributed by atoms with E-state index in [0.717, 1.165) is 0 Å². The fourth-order valence-electron chi connectivity index (χ4n) is 0.549. The highest BCUT2D eigenvalue weighted by Crippen LogP contribution is 2.28. The van der Waals surface area contributed by atoms with Crippen molar-refractivity contribution in [3.05, 3.63) is 22.3 Å². The first-order valence-corrected chi connectivity index (χ1v) is 3.97. The Kier molecular flexibility index (Phi) is 1.62. The zero-order valence-electron chi connectivity index (χ0n) is 5.03. The first-order chi connectivity index (χ1) is 4.24. The van der Waals surface area contributed by atoms with Gasteiger partial charge in [-0.1, -0.05) is 5.37 Å². The lowest BCUT2D eigenvalue weighted by atomic mass is 10.5. The molecule has 1 aliphatic heterocycles. The van der Waals surface area contributed by atoms with Crippen molar-refractivity contribution >= 4 is 15.9 Å². The predicted octanol–water partition coefficient (Wildman–Crippen LogP) is 1.89. The summed E-state index contributed by atoms with van der Waals surface area (Å²) >= 11 is 0. The van der Waals surface area contributed by atoms with E-state index >= 15 is 0 Å². The van der Waals surface area contributed by atoms with Gasteiger partial charge in [0.15, 0.2) is 11.5 Å². The van der Waals surface area contributed by atoms with Crippen LogP contribution in [-0.2, 0) is 0 Å². The molecule has 0 unspecified atom stereocenters. The summed E-state index contributed by atoms with van der Waals surface area (Å²) in [6, 6.07) is 0. The Morgan fingerprint density at radius 1 is 1.33 bits per heavy atom. The van der Waals surface area contributed by atoms with Gasteiger partial charge in [-0.2, -0.15) is 0 Å². The third-order valence-electron chi connectivity index (χ3n) is 1.03. The van der Waals surface area contributed by atoms with Crippen molar-refractivity contribution in [3.8, 4) is 0 Å². The molecule has 1 heterocycles. The summed E-state index contributed by atoms with van der Waals surface area (Å²) in [6.45, 7) is 1.89. The van der Waals surface area contributed by atoms with E-state index in [4.69, 9.17) is 10.2 Å². The molecule has 0 spiro atoms. The van der Waals surface area contributed by atoms with Gasteiger partial charge < -0.3 is 10.2 Å². The van der Waals surface area contributed by atoms with Gasteiger partial charge in [-0.3, -0.25) is 0 Å². The SMILES string of the molecule is CC=S1C=C(O)C(O)=C1. The molecule has 0 radical (unpaired) electrons. The minimum atomic E-state index is -0.144. The zero-order chi connectivity index (χ0) is 6.85. The lowest BCUT2D eigenvalue weighted by Gasteiger charge is -1.85. The summed E-state index contributed by atoms with van der Waals surface area (Å²) in [5.74, 6) is -0.00660. The minimum absolute atomic E-state index is 0.00330. The number of rotatable bonds is 0. The smallest absolute Gasteiger partial charge is 0.164 e. The van der Waals surface area contributed by atoms with Crippen molar-refractivity contribution in [3.63, 3.8) is 0 Å². The van der Waals surface area contributed by atoms with E-state index in [-0.39, 0.29) is 22.0 Å². The fraction of sp³-hybridized carbons (Fsp3) is 0.167. The van der Waals surface area contributed by atoms with Gasteiger partial charge in [0.05, 0.1) is 0 Å². The number of aliphatic hydroxyl groups is 2. The maximum absolute atomic E-state index is 8.83. The summed E-state index contributed by atoms with van der Waals surface area (Å²) in [4.78, 5) is 0.